The monoisotopic (exact) mass is 325 g/mol. The number of nitrogens with zero attached hydrogens (tertiary/aromatic N) is 1. The Balaban J connectivity index is 1.84. The lowest BCUT2D eigenvalue weighted by molar-refractivity contribution is 0.0698. The zero-order valence-electron chi connectivity index (χ0n) is 12.0. The van der Waals surface area contributed by atoms with Crippen molar-refractivity contribution in [3.63, 3.8) is 0 Å². The van der Waals surface area contributed by atoms with Gasteiger partial charge >= 0.3 is 5.97 Å². The summed E-state index contributed by atoms with van der Waals surface area (Å²) < 4.78 is 7.69. The fraction of sp³-hybridized carbons (Fsp3) is 0.0556. The minimum absolute atomic E-state index is 0.189. The third kappa shape index (κ3) is 2.37. The number of carboxylic acids is 1. The lowest BCUT2D eigenvalue weighted by atomic mass is 10.1. The van der Waals surface area contributed by atoms with Crippen molar-refractivity contribution >= 4 is 39.4 Å². The highest BCUT2D eigenvalue weighted by Gasteiger charge is 2.15. The molecule has 0 aliphatic heterocycles. The minimum atomic E-state index is -0.998. The van der Waals surface area contributed by atoms with E-state index in [0.29, 0.717) is 17.1 Å². The second-order valence-corrected chi connectivity index (χ2v) is 5.83. The fourth-order valence-electron chi connectivity index (χ4n) is 2.89. The highest BCUT2D eigenvalue weighted by atomic mass is 35.5. The van der Waals surface area contributed by atoms with Crippen LogP contribution in [-0.4, -0.2) is 15.6 Å². The average Bonchev–Trinajstić information content (AvgIpc) is 3.10. The lowest BCUT2D eigenvalue weighted by Gasteiger charge is -2.06. The van der Waals surface area contributed by atoms with Gasteiger partial charge in [0.25, 0.3) is 0 Å². The van der Waals surface area contributed by atoms with Gasteiger partial charge in [-0.2, -0.15) is 0 Å². The van der Waals surface area contributed by atoms with E-state index >= 15 is 0 Å². The molecule has 0 aliphatic carbocycles. The molecule has 4 rings (SSSR count). The highest BCUT2D eigenvalue weighted by Crippen LogP contribution is 2.27. The molecule has 5 heteroatoms. The molecule has 0 aliphatic rings. The summed E-state index contributed by atoms with van der Waals surface area (Å²) in [6.45, 7) is 0.458. The maximum Gasteiger partial charge on any atom is 0.337 e. The van der Waals surface area contributed by atoms with Gasteiger partial charge in [0, 0.05) is 22.0 Å². The molecule has 0 radical (unpaired) electrons. The van der Waals surface area contributed by atoms with E-state index in [0.717, 1.165) is 22.1 Å². The molecule has 4 aromatic rings. The molecule has 2 aromatic carbocycles. The summed E-state index contributed by atoms with van der Waals surface area (Å²) in [5, 5.41) is 11.7. The molecular weight excluding hydrogens is 314 g/mol. The molecule has 0 fully saturated rings. The Labute approximate surface area is 136 Å². The van der Waals surface area contributed by atoms with Crippen LogP contribution in [0.15, 0.2) is 59.1 Å². The van der Waals surface area contributed by atoms with Crippen LogP contribution in [0.1, 0.15) is 16.1 Å². The summed E-state index contributed by atoms with van der Waals surface area (Å²) >= 11 is 6.00. The zero-order chi connectivity index (χ0) is 16.0. The molecule has 2 heterocycles. The van der Waals surface area contributed by atoms with Crippen LogP contribution in [0.3, 0.4) is 0 Å². The summed E-state index contributed by atoms with van der Waals surface area (Å²) in [7, 11) is 0. The normalized spacial score (nSPS) is 11.3. The molecule has 0 saturated carbocycles. The van der Waals surface area contributed by atoms with Crippen molar-refractivity contribution in [3.8, 4) is 0 Å². The van der Waals surface area contributed by atoms with Gasteiger partial charge in [-0.15, -0.1) is 0 Å². The number of hydrogen-bond acceptors (Lipinski definition) is 2. The van der Waals surface area contributed by atoms with Crippen molar-refractivity contribution in [2.24, 2.45) is 0 Å². The highest BCUT2D eigenvalue weighted by molar-refractivity contribution is 6.32. The number of rotatable bonds is 3. The van der Waals surface area contributed by atoms with Crippen LogP contribution in [-0.2, 0) is 6.54 Å². The van der Waals surface area contributed by atoms with Crippen molar-refractivity contribution in [1.82, 2.24) is 4.57 Å². The number of aromatic carboxylic acids is 1. The van der Waals surface area contributed by atoms with Crippen LogP contribution in [0.25, 0.3) is 21.9 Å². The maximum atomic E-state index is 11.5. The van der Waals surface area contributed by atoms with E-state index in [4.69, 9.17) is 16.0 Å². The van der Waals surface area contributed by atoms with Gasteiger partial charge in [-0.3, -0.25) is 0 Å². The molecule has 0 saturated heterocycles. The predicted molar refractivity (Wildman–Crippen MR) is 89.2 cm³/mol. The van der Waals surface area contributed by atoms with Gasteiger partial charge in [-0.25, -0.2) is 4.79 Å². The Bertz CT molecular complexity index is 1010. The van der Waals surface area contributed by atoms with Crippen LogP contribution in [0.4, 0.5) is 0 Å². The Morgan fingerprint density at radius 3 is 2.74 bits per heavy atom. The molecule has 0 spiro atoms. The van der Waals surface area contributed by atoms with Gasteiger partial charge in [0.2, 0.25) is 0 Å². The Kier molecular flexibility index (Phi) is 3.13. The third-order valence-electron chi connectivity index (χ3n) is 3.86. The Hall–Kier alpha value is -2.72. The van der Waals surface area contributed by atoms with E-state index in [-0.39, 0.29) is 5.56 Å². The SMILES string of the molecule is O=C(O)c1cc(Cl)cc2ccn(Cc3cc4ccccc4o3)c12. The van der Waals surface area contributed by atoms with Gasteiger partial charge < -0.3 is 14.1 Å². The summed E-state index contributed by atoms with van der Waals surface area (Å²) in [6.07, 6.45) is 1.85. The zero-order valence-corrected chi connectivity index (χ0v) is 12.7. The second kappa shape index (κ2) is 5.18. The van der Waals surface area contributed by atoms with E-state index in [2.05, 4.69) is 0 Å². The van der Waals surface area contributed by atoms with E-state index in [1.165, 1.54) is 6.07 Å². The van der Waals surface area contributed by atoms with Crippen molar-refractivity contribution < 1.29 is 14.3 Å². The van der Waals surface area contributed by atoms with Crippen LogP contribution in [0.2, 0.25) is 5.02 Å². The van der Waals surface area contributed by atoms with Crippen molar-refractivity contribution in [1.29, 1.82) is 0 Å². The molecule has 0 amide bonds. The molecule has 23 heavy (non-hydrogen) atoms. The third-order valence-corrected chi connectivity index (χ3v) is 4.08. The number of carboxylic acid groups (broad SMARTS) is 1. The molecule has 0 unspecified atom stereocenters. The molecule has 2 aromatic heterocycles. The molecule has 0 bridgehead atoms. The van der Waals surface area contributed by atoms with E-state index in [1.807, 2.05) is 47.2 Å². The van der Waals surface area contributed by atoms with Gasteiger partial charge in [0.05, 0.1) is 17.6 Å². The number of para-hydroxylation sites is 1. The van der Waals surface area contributed by atoms with Crippen molar-refractivity contribution in [2.45, 2.75) is 6.54 Å². The number of halogens is 1. The standard InChI is InChI=1S/C18H12ClNO3/c19-13-7-12-5-6-20(17(12)15(9-13)18(21)22)10-14-8-11-3-1-2-4-16(11)23-14/h1-9H,10H2,(H,21,22). The van der Waals surface area contributed by atoms with Gasteiger partial charge in [-0.1, -0.05) is 29.8 Å². The maximum absolute atomic E-state index is 11.5. The molecule has 0 atom stereocenters. The van der Waals surface area contributed by atoms with E-state index in [9.17, 15) is 9.90 Å². The quantitative estimate of drug-likeness (QED) is 0.589. The van der Waals surface area contributed by atoms with Crippen LogP contribution < -0.4 is 0 Å². The van der Waals surface area contributed by atoms with Crippen LogP contribution >= 0.6 is 11.6 Å². The average molecular weight is 326 g/mol. The number of hydrogen-bond donors (Lipinski definition) is 1. The van der Waals surface area contributed by atoms with Crippen LogP contribution in [0.5, 0.6) is 0 Å². The smallest absolute Gasteiger partial charge is 0.337 e. The second-order valence-electron chi connectivity index (χ2n) is 5.39. The number of fused-ring (bicyclic) bond motifs is 2. The van der Waals surface area contributed by atoms with E-state index in [1.54, 1.807) is 6.07 Å². The van der Waals surface area contributed by atoms with Crippen LogP contribution in [0, 0.1) is 0 Å². The van der Waals surface area contributed by atoms with E-state index < -0.39 is 5.97 Å². The first-order valence-electron chi connectivity index (χ1n) is 7.11. The Morgan fingerprint density at radius 1 is 1.13 bits per heavy atom. The first kappa shape index (κ1) is 13.9. The number of aromatic nitrogens is 1. The molecule has 4 nitrogen and oxygen atoms in total. The number of carbonyl (C=O) groups is 1. The largest absolute Gasteiger partial charge is 0.478 e. The minimum Gasteiger partial charge on any atom is -0.478 e. The first-order valence-corrected chi connectivity index (χ1v) is 7.49. The predicted octanol–water partition coefficient (Wildman–Crippen LogP) is 4.79. The summed E-state index contributed by atoms with van der Waals surface area (Å²) in [6, 6.07) is 14.8. The number of furan rings is 1. The Morgan fingerprint density at radius 2 is 1.96 bits per heavy atom. The number of benzene rings is 2. The fourth-order valence-corrected chi connectivity index (χ4v) is 3.12. The summed E-state index contributed by atoms with van der Waals surface area (Å²) in [4.78, 5) is 11.5. The van der Waals surface area contributed by atoms with Crippen molar-refractivity contribution in [3.05, 3.63) is 71.1 Å². The molecular formula is C18H12ClNO3. The van der Waals surface area contributed by atoms with Gasteiger partial charge in [0.15, 0.2) is 0 Å². The topological polar surface area (TPSA) is 55.4 Å². The van der Waals surface area contributed by atoms with Gasteiger partial charge in [-0.05, 0) is 30.3 Å². The molecule has 1 N–H and O–H groups in total. The lowest BCUT2D eigenvalue weighted by Crippen LogP contribution is -2.03. The first-order chi connectivity index (χ1) is 11.1. The molecule has 114 valence electrons. The van der Waals surface area contributed by atoms with Crippen molar-refractivity contribution in [2.75, 3.05) is 0 Å². The van der Waals surface area contributed by atoms with Gasteiger partial charge in [0.1, 0.15) is 11.3 Å². The summed E-state index contributed by atoms with van der Waals surface area (Å²) in [5.41, 5.74) is 1.65. The summed E-state index contributed by atoms with van der Waals surface area (Å²) in [5.74, 6) is -0.225.